The van der Waals surface area contributed by atoms with Gasteiger partial charge in [-0.3, -0.25) is 9.59 Å². The van der Waals surface area contributed by atoms with Crippen LogP contribution in [-0.4, -0.2) is 58.9 Å². The van der Waals surface area contributed by atoms with Crippen LogP contribution in [0.4, 0.5) is 0 Å². The van der Waals surface area contributed by atoms with E-state index in [4.69, 9.17) is 4.74 Å². The number of methoxy groups -OCH3 is 1. The number of ether oxygens (including phenoxy) is 1. The highest BCUT2D eigenvalue weighted by molar-refractivity contribution is 7.09. The Morgan fingerprint density at radius 2 is 2.13 bits per heavy atom. The van der Waals surface area contributed by atoms with Crippen LogP contribution < -0.4 is 0 Å². The Balaban J connectivity index is 1.68. The molecule has 2 aliphatic heterocycles. The van der Waals surface area contributed by atoms with Crippen LogP contribution in [0.1, 0.15) is 36.4 Å². The molecule has 1 aromatic rings. The number of carbonyl (C=O) groups excluding carboxylic acids is 2. The molecule has 126 valence electrons. The summed E-state index contributed by atoms with van der Waals surface area (Å²) >= 11 is 1.62. The summed E-state index contributed by atoms with van der Waals surface area (Å²) in [5.41, 5.74) is 0.873. The summed E-state index contributed by atoms with van der Waals surface area (Å²) in [5.74, 6) is 0.251. The summed E-state index contributed by atoms with van der Waals surface area (Å²) in [4.78, 5) is 32.7. The minimum atomic E-state index is -0.0988. The van der Waals surface area contributed by atoms with Crippen molar-refractivity contribution < 1.29 is 14.3 Å². The summed E-state index contributed by atoms with van der Waals surface area (Å²) in [7, 11) is 1.54. The fraction of sp³-hybridized carbons (Fsp3) is 0.688. The molecule has 1 spiro atoms. The summed E-state index contributed by atoms with van der Waals surface area (Å²) in [5, 5.41) is 3.06. The van der Waals surface area contributed by atoms with Crippen molar-refractivity contribution in [3.05, 3.63) is 16.1 Å². The maximum atomic E-state index is 12.4. The molecule has 0 N–H and O–H groups in total. The number of amides is 2. The number of likely N-dealkylation sites (tertiary alicyclic amines) is 2. The van der Waals surface area contributed by atoms with Crippen LogP contribution in [-0.2, 0) is 20.9 Å². The zero-order valence-corrected chi connectivity index (χ0v) is 14.5. The zero-order chi connectivity index (χ0) is 16.4. The number of piperidine rings is 1. The third-order valence-corrected chi connectivity index (χ3v) is 5.80. The number of thiazole rings is 1. The van der Waals surface area contributed by atoms with Gasteiger partial charge < -0.3 is 14.5 Å². The Bertz CT molecular complexity index is 593. The van der Waals surface area contributed by atoms with E-state index in [1.807, 2.05) is 22.1 Å². The van der Waals surface area contributed by atoms with Crippen LogP contribution in [0.5, 0.6) is 0 Å². The number of carbonyl (C=O) groups is 2. The molecule has 6 nitrogen and oxygen atoms in total. The lowest BCUT2D eigenvalue weighted by atomic mass is 9.85. The van der Waals surface area contributed by atoms with Gasteiger partial charge in [0.25, 0.3) is 0 Å². The number of aryl methyl sites for hydroxylation is 1. The quantitative estimate of drug-likeness (QED) is 0.837. The van der Waals surface area contributed by atoms with Gasteiger partial charge >= 0.3 is 0 Å². The van der Waals surface area contributed by atoms with Crippen molar-refractivity contribution in [3.63, 3.8) is 0 Å². The van der Waals surface area contributed by atoms with Crippen LogP contribution in [0.3, 0.4) is 0 Å². The van der Waals surface area contributed by atoms with Crippen molar-refractivity contribution in [2.45, 2.75) is 44.7 Å². The summed E-state index contributed by atoms with van der Waals surface area (Å²) in [6.07, 6.45) is 3.19. The van der Waals surface area contributed by atoms with Gasteiger partial charge in [-0.05, 0) is 26.2 Å². The van der Waals surface area contributed by atoms with Gasteiger partial charge in [-0.1, -0.05) is 0 Å². The van der Waals surface area contributed by atoms with Crippen LogP contribution in [0.15, 0.2) is 5.38 Å². The molecule has 1 aromatic heterocycles. The van der Waals surface area contributed by atoms with Crippen molar-refractivity contribution in [3.8, 4) is 0 Å². The normalized spacial score (nSPS) is 20.5. The SMILES string of the molecule is COCC(=O)N1CCC2(CCC(=O)N2Cc2csc(C)n2)CC1. The predicted octanol–water partition coefficient (Wildman–Crippen LogP) is 1.58. The first-order valence-corrected chi connectivity index (χ1v) is 8.90. The van der Waals surface area contributed by atoms with Crippen molar-refractivity contribution in [2.75, 3.05) is 26.8 Å². The van der Waals surface area contributed by atoms with E-state index in [0.29, 0.717) is 26.1 Å². The molecule has 0 aliphatic carbocycles. The van der Waals surface area contributed by atoms with E-state index in [-0.39, 0.29) is 24.0 Å². The minimum Gasteiger partial charge on any atom is -0.375 e. The van der Waals surface area contributed by atoms with Crippen LogP contribution in [0.2, 0.25) is 0 Å². The highest BCUT2D eigenvalue weighted by atomic mass is 32.1. The Kier molecular flexibility index (Phi) is 4.68. The number of aromatic nitrogens is 1. The molecule has 7 heteroatoms. The third-order valence-electron chi connectivity index (χ3n) is 4.98. The lowest BCUT2D eigenvalue weighted by Crippen LogP contribution is -2.54. The maximum Gasteiger partial charge on any atom is 0.248 e. The molecular weight excluding hydrogens is 314 g/mol. The Morgan fingerprint density at radius 3 is 2.74 bits per heavy atom. The second kappa shape index (κ2) is 6.57. The first-order valence-electron chi connectivity index (χ1n) is 8.02. The lowest BCUT2D eigenvalue weighted by Gasteiger charge is -2.44. The molecule has 0 bridgehead atoms. The summed E-state index contributed by atoms with van der Waals surface area (Å²) in [6.45, 7) is 4.10. The number of rotatable bonds is 4. The molecule has 2 saturated heterocycles. The molecule has 2 aliphatic rings. The number of nitrogens with zero attached hydrogens (tertiary/aromatic N) is 3. The molecule has 3 rings (SSSR count). The standard InChI is InChI=1S/C16H23N3O3S/c1-12-17-13(11-23-12)9-19-14(20)3-4-16(19)5-7-18(8-6-16)15(21)10-22-2/h11H,3-10H2,1-2H3. The molecule has 3 heterocycles. The van der Waals surface area contributed by atoms with Crippen molar-refractivity contribution >= 4 is 23.2 Å². The smallest absolute Gasteiger partial charge is 0.248 e. The highest BCUT2D eigenvalue weighted by Crippen LogP contribution is 2.40. The van der Waals surface area contributed by atoms with Gasteiger partial charge in [-0.15, -0.1) is 11.3 Å². The minimum absolute atomic E-state index is 0.0355. The average Bonchev–Trinajstić information content (AvgIpc) is 3.08. The van der Waals surface area contributed by atoms with E-state index >= 15 is 0 Å². The average molecular weight is 337 g/mol. The molecule has 2 fully saturated rings. The second-order valence-electron chi connectivity index (χ2n) is 6.38. The van der Waals surface area contributed by atoms with Gasteiger partial charge in [-0.2, -0.15) is 0 Å². The van der Waals surface area contributed by atoms with Crippen LogP contribution >= 0.6 is 11.3 Å². The van der Waals surface area contributed by atoms with E-state index < -0.39 is 0 Å². The topological polar surface area (TPSA) is 62.7 Å². The third kappa shape index (κ3) is 3.26. The molecule has 23 heavy (non-hydrogen) atoms. The monoisotopic (exact) mass is 337 g/mol. The predicted molar refractivity (Wildman–Crippen MR) is 87.1 cm³/mol. The second-order valence-corrected chi connectivity index (χ2v) is 7.44. The van der Waals surface area contributed by atoms with Crippen molar-refractivity contribution in [1.29, 1.82) is 0 Å². The largest absolute Gasteiger partial charge is 0.375 e. The molecular formula is C16H23N3O3S. The van der Waals surface area contributed by atoms with Crippen LogP contribution in [0.25, 0.3) is 0 Å². The fourth-order valence-electron chi connectivity index (χ4n) is 3.68. The Morgan fingerprint density at radius 1 is 1.39 bits per heavy atom. The number of hydrogen-bond donors (Lipinski definition) is 0. The van der Waals surface area contributed by atoms with Gasteiger partial charge in [0.1, 0.15) is 6.61 Å². The van der Waals surface area contributed by atoms with E-state index in [2.05, 4.69) is 4.98 Å². The fourth-order valence-corrected chi connectivity index (χ4v) is 4.28. The van der Waals surface area contributed by atoms with E-state index in [1.165, 1.54) is 7.11 Å². The first kappa shape index (κ1) is 16.4. The Labute approximate surface area is 140 Å². The van der Waals surface area contributed by atoms with Crippen LogP contribution in [0, 0.1) is 6.92 Å². The van der Waals surface area contributed by atoms with Crippen molar-refractivity contribution in [1.82, 2.24) is 14.8 Å². The summed E-state index contributed by atoms with van der Waals surface area (Å²) < 4.78 is 4.93. The highest BCUT2D eigenvalue weighted by Gasteiger charge is 2.47. The van der Waals surface area contributed by atoms with Gasteiger partial charge in [0.2, 0.25) is 11.8 Å². The van der Waals surface area contributed by atoms with E-state index in [9.17, 15) is 9.59 Å². The van der Waals surface area contributed by atoms with E-state index in [1.54, 1.807) is 11.3 Å². The Hall–Kier alpha value is -1.47. The molecule has 0 radical (unpaired) electrons. The molecule has 0 atom stereocenters. The van der Waals surface area contributed by atoms with Crippen molar-refractivity contribution in [2.24, 2.45) is 0 Å². The lowest BCUT2D eigenvalue weighted by molar-refractivity contribution is -0.139. The van der Waals surface area contributed by atoms with Gasteiger partial charge in [0.05, 0.1) is 17.2 Å². The van der Waals surface area contributed by atoms with Gasteiger partial charge in [0.15, 0.2) is 0 Å². The molecule has 0 unspecified atom stereocenters. The zero-order valence-electron chi connectivity index (χ0n) is 13.7. The van der Waals surface area contributed by atoms with Gasteiger partial charge in [0, 0.05) is 37.5 Å². The maximum absolute atomic E-state index is 12.4. The van der Waals surface area contributed by atoms with E-state index in [0.717, 1.165) is 30.0 Å². The van der Waals surface area contributed by atoms with Gasteiger partial charge in [-0.25, -0.2) is 4.98 Å². The molecule has 2 amide bonds. The number of hydrogen-bond acceptors (Lipinski definition) is 5. The molecule has 0 aromatic carbocycles. The first-order chi connectivity index (χ1) is 11.0. The summed E-state index contributed by atoms with van der Waals surface area (Å²) in [6, 6.07) is 0. The molecule has 0 saturated carbocycles.